The average molecular weight is 378 g/mol. The fourth-order valence-corrected chi connectivity index (χ4v) is 5.33. The van der Waals surface area contributed by atoms with Crippen molar-refractivity contribution < 1.29 is 14.4 Å². The van der Waals surface area contributed by atoms with Crippen molar-refractivity contribution in [3.63, 3.8) is 0 Å². The second-order valence-electron chi connectivity index (χ2n) is 7.48. The average Bonchev–Trinajstić information content (AvgIpc) is 3.00. The van der Waals surface area contributed by atoms with Gasteiger partial charge in [0.25, 0.3) is 0 Å². The van der Waals surface area contributed by atoms with Crippen molar-refractivity contribution in [2.45, 2.75) is 32.7 Å². The van der Waals surface area contributed by atoms with Gasteiger partial charge in [-0.05, 0) is 30.7 Å². The molecule has 2 N–H and O–H groups in total. The number of anilines is 1. The van der Waals surface area contributed by atoms with E-state index in [1.807, 2.05) is 11.3 Å². The highest BCUT2D eigenvalue weighted by atomic mass is 32.1. The zero-order valence-electron chi connectivity index (χ0n) is 15.8. The maximum absolute atomic E-state index is 5.48. The minimum Gasteiger partial charge on any atom is -0.383 e. The zero-order valence-corrected chi connectivity index (χ0v) is 16.6. The van der Waals surface area contributed by atoms with E-state index in [0.29, 0.717) is 6.61 Å². The van der Waals surface area contributed by atoms with Gasteiger partial charge in [0.1, 0.15) is 30.3 Å². The topological polar surface area (TPSA) is 60.7 Å². The summed E-state index contributed by atoms with van der Waals surface area (Å²) in [6.07, 6.45) is 3.58. The number of hydrogen-bond donors (Lipinski definition) is 2. The van der Waals surface area contributed by atoms with Crippen molar-refractivity contribution in [2.24, 2.45) is 5.92 Å². The van der Waals surface area contributed by atoms with Crippen LogP contribution in [0.25, 0.3) is 10.2 Å². The summed E-state index contributed by atoms with van der Waals surface area (Å²) in [5, 5.41) is 4.77. The highest BCUT2D eigenvalue weighted by Gasteiger charge is 2.25. The molecule has 0 unspecified atom stereocenters. The molecule has 2 aliphatic rings. The van der Waals surface area contributed by atoms with Gasteiger partial charge in [-0.25, -0.2) is 9.97 Å². The molecule has 26 heavy (non-hydrogen) atoms. The van der Waals surface area contributed by atoms with Gasteiger partial charge in [0.2, 0.25) is 0 Å². The van der Waals surface area contributed by atoms with E-state index in [2.05, 4.69) is 12.2 Å². The number of ether oxygens (including phenoxy) is 2. The first-order chi connectivity index (χ1) is 12.7. The van der Waals surface area contributed by atoms with E-state index in [4.69, 9.17) is 19.4 Å². The van der Waals surface area contributed by atoms with Crippen LogP contribution in [0.3, 0.4) is 0 Å². The maximum Gasteiger partial charge on any atom is 0.187 e. The van der Waals surface area contributed by atoms with Gasteiger partial charge in [-0.15, -0.1) is 11.3 Å². The van der Waals surface area contributed by atoms with Crippen LogP contribution in [-0.4, -0.2) is 56.5 Å². The van der Waals surface area contributed by atoms with Gasteiger partial charge in [-0.2, -0.15) is 0 Å². The van der Waals surface area contributed by atoms with Crippen molar-refractivity contribution in [1.29, 1.82) is 0 Å². The van der Waals surface area contributed by atoms with Gasteiger partial charge in [-0.1, -0.05) is 6.92 Å². The van der Waals surface area contributed by atoms with Gasteiger partial charge in [0, 0.05) is 18.5 Å². The molecule has 1 atom stereocenters. The van der Waals surface area contributed by atoms with E-state index < -0.39 is 0 Å². The van der Waals surface area contributed by atoms with Crippen molar-refractivity contribution in [2.75, 3.05) is 51.9 Å². The second-order valence-corrected chi connectivity index (χ2v) is 8.56. The highest BCUT2D eigenvalue weighted by Crippen LogP contribution is 2.39. The molecule has 0 spiro atoms. The SMILES string of the molecule is COCCNc1nc(C[NH+]2CCOCC2)nc2sc3c(c12)CC[C@H](C)C3. The Bertz CT molecular complexity index is 758. The summed E-state index contributed by atoms with van der Waals surface area (Å²) in [7, 11) is 1.73. The number of fused-ring (bicyclic) bond motifs is 3. The maximum atomic E-state index is 5.48. The van der Waals surface area contributed by atoms with E-state index in [9.17, 15) is 0 Å². The molecule has 1 aliphatic heterocycles. The van der Waals surface area contributed by atoms with Gasteiger partial charge >= 0.3 is 0 Å². The van der Waals surface area contributed by atoms with Crippen LogP contribution in [0, 0.1) is 5.92 Å². The standard InChI is InChI=1S/C19H28N4O2S/c1-13-3-4-14-15(11-13)26-19-17(14)18(20-5-8-24-2)21-16(22-19)12-23-6-9-25-10-7-23/h13H,3-12H2,1-2H3,(H,20,21,22)/p+1/t13-/m0/s1. The molecule has 6 nitrogen and oxygen atoms in total. The molecule has 2 aromatic heterocycles. The van der Waals surface area contributed by atoms with Crippen LogP contribution in [0.15, 0.2) is 0 Å². The predicted molar refractivity (Wildman–Crippen MR) is 104 cm³/mol. The van der Waals surface area contributed by atoms with Crippen molar-refractivity contribution >= 4 is 27.4 Å². The van der Waals surface area contributed by atoms with Crippen molar-refractivity contribution in [1.82, 2.24) is 9.97 Å². The molecular formula is C19H29N4O2S+. The van der Waals surface area contributed by atoms with Crippen LogP contribution in [0.5, 0.6) is 0 Å². The van der Waals surface area contributed by atoms with E-state index in [-0.39, 0.29) is 0 Å². The van der Waals surface area contributed by atoms with Crippen molar-refractivity contribution in [3.8, 4) is 0 Å². The minimum absolute atomic E-state index is 0.679. The third kappa shape index (κ3) is 3.86. The van der Waals surface area contributed by atoms with Crippen molar-refractivity contribution in [3.05, 3.63) is 16.3 Å². The van der Waals surface area contributed by atoms with Crippen LogP contribution in [-0.2, 0) is 28.9 Å². The normalized spacial score (nSPS) is 21.1. The number of aryl methyl sites for hydroxylation is 1. The van der Waals surface area contributed by atoms with Gasteiger partial charge in [0.15, 0.2) is 5.82 Å². The summed E-state index contributed by atoms with van der Waals surface area (Å²) in [6, 6.07) is 0. The Morgan fingerprint density at radius 1 is 1.31 bits per heavy atom. The van der Waals surface area contributed by atoms with Crippen LogP contribution in [0.2, 0.25) is 0 Å². The number of nitrogens with one attached hydrogen (secondary N) is 2. The number of morpholine rings is 1. The lowest BCUT2D eigenvalue weighted by molar-refractivity contribution is -0.922. The third-order valence-corrected chi connectivity index (χ3v) is 6.56. The summed E-state index contributed by atoms with van der Waals surface area (Å²) >= 11 is 1.88. The quantitative estimate of drug-likeness (QED) is 0.743. The highest BCUT2D eigenvalue weighted by molar-refractivity contribution is 7.19. The number of thiophene rings is 1. The summed E-state index contributed by atoms with van der Waals surface area (Å²) in [6.45, 7) is 8.41. The van der Waals surface area contributed by atoms with Crippen LogP contribution < -0.4 is 10.2 Å². The molecule has 2 aromatic rings. The number of rotatable bonds is 6. The minimum atomic E-state index is 0.679. The first kappa shape index (κ1) is 18.1. The molecule has 1 aliphatic carbocycles. The zero-order chi connectivity index (χ0) is 17.9. The number of hydrogen-bond acceptors (Lipinski definition) is 6. The van der Waals surface area contributed by atoms with E-state index in [0.717, 1.165) is 68.2 Å². The Hall–Kier alpha value is -1.28. The monoisotopic (exact) mass is 377 g/mol. The largest absolute Gasteiger partial charge is 0.383 e. The molecule has 1 fully saturated rings. The third-order valence-electron chi connectivity index (χ3n) is 5.41. The van der Waals surface area contributed by atoms with E-state index in [1.54, 1.807) is 7.11 Å². The second kappa shape index (κ2) is 8.17. The Labute approximate surface area is 158 Å². The van der Waals surface area contributed by atoms with Crippen LogP contribution >= 0.6 is 11.3 Å². The van der Waals surface area contributed by atoms with Gasteiger partial charge in [-0.3, -0.25) is 0 Å². The lowest BCUT2D eigenvalue weighted by Crippen LogP contribution is -3.12. The molecule has 3 heterocycles. The molecule has 0 bridgehead atoms. The lowest BCUT2D eigenvalue weighted by Gasteiger charge is -2.23. The van der Waals surface area contributed by atoms with E-state index in [1.165, 1.54) is 33.6 Å². The number of quaternary nitrogens is 1. The Morgan fingerprint density at radius 3 is 2.96 bits per heavy atom. The summed E-state index contributed by atoms with van der Waals surface area (Å²) in [4.78, 5) is 14.1. The Kier molecular flexibility index (Phi) is 5.69. The van der Waals surface area contributed by atoms with Gasteiger partial charge in [0.05, 0.1) is 25.2 Å². The Morgan fingerprint density at radius 2 is 2.15 bits per heavy atom. The Balaban J connectivity index is 1.67. The number of methoxy groups -OCH3 is 1. The molecule has 0 radical (unpaired) electrons. The number of nitrogens with zero attached hydrogens (tertiary/aromatic N) is 2. The van der Waals surface area contributed by atoms with Crippen LogP contribution in [0.4, 0.5) is 5.82 Å². The lowest BCUT2D eigenvalue weighted by atomic mass is 9.89. The molecule has 0 aromatic carbocycles. The molecule has 0 amide bonds. The summed E-state index contributed by atoms with van der Waals surface area (Å²) in [5.41, 5.74) is 1.48. The first-order valence-corrected chi connectivity index (χ1v) is 10.5. The molecular weight excluding hydrogens is 348 g/mol. The molecule has 1 saturated heterocycles. The summed E-state index contributed by atoms with van der Waals surface area (Å²) < 4.78 is 10.7. The molecule has 7 heteroatoms. The smallest absolute Gasteiger partial charge is 0.187 e. The van der Waals surface area contributed by atoms with E-state index >= 15 is 0 Å². The molecule has 0 saturated carbocycles. The fraction of sp³-hybridized carbons (Fsp3) is 0.684. The fourth-order valence-electron chi connectivity index (χ4n) is 3.93. The van der Waals surface area contributed by atoms with Gasteiger partial charge < -0.3 is 19.7 Å². The van der Waals surface area contributed by atoms with Crippen LogP contribution in [0.1, 0.15) is 29.6 Å². The molecule has 4 rings (SSSR count). The number of aromatic nitrogens is 2. The summed E-state index contributed by atoms with van der Waals surface area (Å²) in [5.74, 6) is 2.72. The predicted octanol–water partition coefficient (Wildman–Crippen LogP) is 1.29. The molecule has 142 valence electrons. The first-order valence-electron chi connectivity index (χ1n) is 9.70.